The second kappa shape index (κ2) is 7.17. The Morgan fingerprint density at radius 2 is 2.08 bits per heavy atom. The molecule has 26 heavy (non-hydrogen) atoms. The van der Waals surface area contributed by atoms with Crippen LogP contribution in [0.25, 0.3) is 0 Å². The molecule has 0 unspecified atom stereocenters. The SMILES string of the molecule is O=C(Nc1cccnc1)[C@H]1CCC2(CCN(C(=O)c3cccs3)CC2)O1. The molecule has 2 aromatic heterocycles. The molecule has 7 heteroatoms. The lowest BCUT2D eigenvalue weighted by molar-refractivity contribution is -0.135. The number of pyridine rings is 1. The van der Waals surface area contributed by atoms with Crippen LogP contribution in [0.4, 0.5) is 5.69 Å². The highest BCUT2D eigenvalue weighted by Crippen LogP contribution is 2.39. The lowest BCUT2D eigenvalue weighted by atomic mass is 9.88. The Hall–Kier alpha value is -2.25. The number of likely N-dealkylation sites (tertiary alicyclic amines) is 1. The van der Waals surface area contributed by atoms with Crippen LogP contribution in [0.1, 0.15) is 35.4 Å². The zero-order valence-corrected chi connectivity index (χ0v) is 15.2. The van der Waals surface area contributed by atoms with E-state index < -0.39 is 6.10 Å². The maximum Gasteiger partial charge on any atom is 0.263 e. The van der Waals surface area contributed by atoms with Crippen molar-refractivity contribution in [1.82, 2.24) is 9.88 Å². The normalized spacial score (nSPS) is 21.7. The van der Waals surface area contributed by atoms with Crippen molar-refractivity contribution in [2.24, 2.45) is 0 Å². The van der Waals surface area contributed by atoms with Gasteiger partial charge in [0, 0.05) is 19.3 Å². The topological polar surface area (TPSA) is 71.5 Å². The average Bonchev–Trinajstić information content (AvgIpc) is 3.33. The first-order valence-corrected chi connectivity index (χ1v) is 9.75. The van der Waals surface area contributed by atoms with E-state index in [2.05, 4.69) is 10.3 Å². The molecule has 2 aliphatic heterocycles. The summed E-state index contributed by atoms with van der Waals surface area (Å²) in [7, 11) is 0. The molecular formula is C19H21N3O3S. The van der Waals surface area contributed by atoms with Gasteiger partial charge < -0.3 is 15.0 Å². The van der Waals surface area contributed by atoms with Crippen LogP contribution < -0.4 is 5.32 Å². The van der Waals surface area contributed by atoms with E-state index in [1.165, 1.54) is 11.3 Å². The molecule has 4 heterocycles. The highest BCUT2D eigenvalue weighted by molar-refractivity contribution is 7.12. The molecule has 2 aromatic rings. The third-order valence-electron chi connectivity index (χ3n) is 5.17. The molecule has 1 atom stereocenters. The summed E-state index contributed by atoms with van der Waals surface area (Å²) < 4.78 is 6.17. The smallest absolute Gasteiger partial charge is 0.263 e. The van der Waals surface area contributed by atoms with E-state index in [4.69, 9.17) is 4.74 Å². The summed E-state index contributed by atoms with van der Waals surface area (Å²) in [5.41, 5.74) is 0.404. The molecule has 2 aliphatic rings. The molecular weight excluding hydrogens is 350 g/mol. The monoisotopic (exact) mass is 371 g/mol. The van der Waals surface area contributed by atoms with Gasteiger partial charge >= 0.3 is 0 Å². The third-order valence-corrected chi connectivity index (χ3v) is 6.03. The molecule has 6 nitrogen and oxygen atoms in total. The number of carbonyl (C=O) groups is 2. The van der Waals surface area contributed by atoms with Gasteiger partial charge in [-0.1, -0.05) is 6.07 Å². The van der Waals surface area contributed by atoms with Gasteiger partial charge in [0.15, 0.2) is 0 Å². The Balaban J connectivity index is 1.32. The van der Waals surface area contributed by atoms with Crippen molar-refractivity contribution in [1.29, 1.82) is 0 Å². The largest absolute Gasteiger partial charge is 0.362 e. The summed E-state index contributed by atoms with van der Waals surface area (Å²) >= 11 is 1.47. The van der Waals surface area contributed by atoms with Crippen LogP contribution in [-0.2, 0) is 9.53 Å². The van der Waals surface area contributed by atoms with Crippen LogP contribution >= 0.6 is 11.3 Å². The fourth-order valence-electron chi connectivity index (χ4n) is 3.70. The van der Waals surface area contributed by atoms with E-state index >= 15 is 0 Å². The van der Waals surface area contributed by atoms with Crippen molar-refractivity contribution >= 4 is 28.8 Å². The highest BCUT2D eigenvalue weighted by Gasteiger charge is 2.45. The Kier molecular flexibility index (Phi) is 4.74. The average molecular weight is 371 g/mol. The van der Waals surface area contributed by atoms with Crippen molar-refractivity contribution in [3.05, 3.63) is 46.9 Å². The number of piperidine rings is 1. The molecule has 0 saturated carbocycles. The highest BCUT2D eigenvalue weighted by atomic mass is 32.1. The summed E-state index contributed by atoms with van der Waals surface area (Å²) in [5.74, 6) is -0.0225. The fraction of sp³-hybridized carbons (Fsp3) is 0.421. The minimum atomic E-state index is -0.435. The zero-order valence-electron chi connectivity index (χ0n) is 14.4. The van der Waals surface area contributed by atoms with E-state index in [-0.39, 0.29) is 17.4 Å². The van der Waals surface area contributed by atoms with Crippen LogP contribution in [0.3, 0.4) is 0 Å². The molecule has 2 fully saturated rings. The number of ether oxygens (including phenoxy) is 1. The Morgan fingerprint density at radius 3 is 2.77 bits per heavy atom. The molecule has 1 N–H and O–H groups in total. The quantitative estimate of drug-likeness (QED) is 0.900. The minimum absolute atomic E-state index is 0.0960. The lowest BCUT2D eigenvalue weighted by Crippen LogP contribution is -2.47. The first-order valence-electron chi connectivity index (χ1n) is 8.87. The number of nitrogens with one attached hydrogen (secondary N) is 1. The number of nitrogens with zero attached hydrogens (tertiary/aromatic N) is 2. The molecule has 2 saturated heterocycles. The maximum absolute atomic E-state index is 12.5. The second-order valence-corrected chi connectivity index (χ2v) is 7.78. The van der Waals surface area contributed by atoms with Crippen molar-refractivity contribution in [2.45, 2.75) is 37.4 Å². The second-order valence-electron chi connectivity index (χ2n) is 6.83. The predicted molar refractivity (Wildman–Crippen MR) is 99.2 cm³/mol. The summed E-state index contributed by atoms with van der Waals surface area (Å²) in [6, 6.07) is 7.36. The van der Waals surface area contributed by atoms with E-state index in [1.54, 1.807) is 18.5 Å². The number of hydrogen-bond donors (Lipinski definition) is 1. The summed E-state index contributed by atoms with van der Waals surface area (Å²) in [6.07, 6.45) is 5.99. The van der Waals surface area contributed by atoms with E-state index in [9.17, 15) is 9.59 Å². The first-order chi connectivity index (χ1) is 12.7. The number of aromatic nitrogens is 1. The predicted octanol–water partition coefficient (Wildman–Crippen LogP) is 2.94. The lowest BCUT2D eigenvalue weighted by Gasteiger charge is -2.38. The Bertz CT molecular complexity index is 771. The van der Waals surface area contributed by atoms with Crippen LogP contribution in [-0.4, -0.2) is 46.5 Å². The first kappa shape index (κ1) is 17.2. The summed E-state index contributed by atoms with van der Waals surface area (Å²) in [5, 5.41) is 4.78. The van der Waals surface area contributed by atoms with Crippen LogP contribution in [0.5, 0.6) is 0 Å². The van der Waals surface area contributed by atoms with Gasteiger partial charge in [-0.2, -0.15) is 0 Å². The van der Waals surface area contributed by atoms with Crippen molar-refractivity contribution in [3.8, 4) is 0 Å². The molecule has 2 amide bonds. The van der Waals surface area contributed by atoms with E-state index in [0.29, 0.717) is 25.2 Å². The van der Waals surface area contributed by atoms with Gasteiger partial charge in [-0.05, 0) is 49.3 Å². The van der Waals surface area contributed by atoms with Crippen LogP contribution in [0, 0.1) is 0 Å². The molecule has 0 aromatic carbocycles. The molecule has 4 rings (SSSR count). The van der Waals surface area contributed by atoms with Crippen LogP contribution in [0.2, 0.25) is 0 Å². The molecule has 0 bridgehead atoms. The molecule has 136 valence electrons. The molecule has 0 aliphatic carbocycles. The summed E-state index contributed by atoms with van der Waals surface area (Å²) in [4.78, 5) is 31.6. The number of carbonyl (C=O) groups excluding carboxylic acids is 2. The van der Waals surface area contributed by atoms with Gasteiger partial charge in [-0.3, -0.25) is 14.6 Å². The number of hydrogen-bond acceptors (Lipinski definition) is 5. The Morgan fingerprint density at radius 1 is 1.23 bits per heavy atom. The van der Waals surface area contributed by atoms with Gasteiger partial charge in [0.2, 0.25) is 0 Å². The number of thiophene rings is 1. The zero-order chi connectivity index (χ0) is 18.0. The molecule has 1 spiro atoms. The van der Waals surface area contributed by atoms with E-state index in [1.807, 2.05) is 28.5 Å². The van der Waals surface area contributed by atoms with Crippen molar-refractivity contribution in [2.75, 3.05) is 18.4 Å². The molecule has 0 radical (unpaired) electrons. The number of rotatable bonds is 3. The number of anilines is 1. The van der Waals surface area contributed by atoms with Gasteiger partial charge in [0.1, 0.15) is 6.10 Å². The fourth-order valence-corrected chi connectivity index (χ4v) is 4.39. The van der Waals surface area contributed by atoms with Gasteiger partial charge in [0.05, 0.1) is 22.4 Å². The van der Waals surface area contributed by atoms with Crippen molar-refractivity contribution < 1.29 is 14.3 Å². The van der Waals surface area contributed by atoms with Crippen LogP contribution in [0.15, 0.2) is 42.0 Å². The Labute approximate surface area is 156 Å². The summed E-state index contributed by atoms with van der Waals surface area (Å²) in [6.45, 7) is 1.35. The van der Waals surface area contributed by atoms with Crippen molar-refractivity contribution in [3.63, 3.8) is 0 Å². The maximum atomic E-state index is 12.5. The van der Waals surface area contributed by atoms with Gasteiger partial charge in [-0.15, -0.1) is 11.3 Å². The standard InChI is InChI=1S/C19H21N3O3S/c23-17(21-14-3-1-9-20-13-14)15-5-6-19(25-15)7-10-22(11-8-19)18(24)16-4-2-12-26-16/h1-4,9,12-13,15H,5-8,10-11H2,(H,21,23)/t15-/m1/s1. The minimum Gasteiger partial charge on any atom is -0.362 e. The third kappa shape index (κ3) is 3.50. The number of amides is 2. The van der Waals surface area contributed by atoms with E-state index in [0.717, 1.165) is 24.1 Å². The van der Waals surface area contributed by atoms with Gasteiger partial charge in [0.25, 0.3) is 11.8 Å². The van der Waals surface area contributed by atoms with Gasteiger partial charge in [-0.25, -0.2) is 0 Å².